The first-order valence-corrected chi connectivity index (χ1v) is 10.1. The number of rotatable bonds is 3. The zero-order valence-corrected chi connectivity index (χ0v) is 15.7. The molecule has 0 radical (unpaired) electrons. The van der Waals surface area contributed by atoms with E-state index in [-0.39, 0.29) is 17.3 Å². The van der Waals surface area contributed by atoms with Crippen molar-refractivity contribution in [2.75, 3.05) is 26.2 Å². The molecule has 0 unspecified atom stereocenters. The van der Waals surface area contributed by atoms with Gasteiger partial charge in [0.1, 0.15) is 4.90 Å². The standard InChI is InChI=1S/C17H20N6O3S/c1-21-11-14(10-20-21)27(25,26)23-6-2-5-22(7-8-23)17(24)13-3-4-15-16(9-13)19-12-18-15/h3-4,9-12H,2,5-8H2,1H3,(H,18,19). The molecule has 0 saturated carbocycles. The molecule has 0 spiro atoms. The molecular formula is C17H20N6O3S. The topological polar surface area (TPSA) is 104 Å². The van der Waals surface area contributed by atoms with Crippen LogP contribution in [0.25, 0.3) is 11.0 Å². The summed E-state index contributed by atoms with van der Waals surface area (Å²) < 4.78 is 28.4. The molecule has 9 nitrogen and oxygen atoms in total. The number of nitrogens with one attached hydrogen (secondary N) is 1. The number of hydrogen-bond acceptors (Lipinski definition) is 5. The van der Waals surface area contributed by atoms with E-state index in [1.54, 1.807) is 36.5 Å². The van der Waals surface area contributed by atoms with Crippen molar-refractivity contribution in [2.45, 2.75) is 11.3 Å². The molecule has 1 fully saturated rings. The minimum absolute atomic E-state index is 0.105. The number of carbonyl (C=O) groups excluding carboxylic acids is 1. The number of sulfonamides is 1. The average molecular weight is 388 g/mol. The van der Waals surface area contributed by atoms with Crippen molar-refractivity contribution in [2.24, 2.45) is 7.05 Å². The highest BCUT2D eigenvalue weighted by molar-refractivity contribution is 7.89. The van der Waals surface area contributed by atoms with Gasteiger partial charge in [-0.1, -0.05) is 0 Å². The number of aromatic nitrogens is 4. The summed E-state index contributed by atoms with van der Waals surface area (Å²) in [4.78, 5) is 21.9. The Morgan fingerprint density at radius 3 is 2.81 bits per heavy atom. The van der Waals surface area contributed by atoms with E-state index in [1.807, 2.05) is 0 Å². The molecule has 10 heteroatoms. The molecular weight excluding hydrogens is 368 g/mol. The predicted octanol–water partition coefficient (Wildman–Crippen LogP) is 0.833. The van der Waals surface area contributed by atoms with Crippen LogP contribution in [0.4, 0.5) is 0 Å². The lowest BCUT2D eigenvalue weighted by Gasteiger charge is -2.21. The molecule has 27 heavy (non-hydrogen) atoms. The van der Waals surface area contributed by atoms with Gasteiger partial charge in [-0.3, -0.25) is 9.48 Å². The highest BCUT2D eigenvalue weighted by atomic mass is 32.2. The molecule has 2 aromatic heterocycles. The predicted molar refractivity (Wildman–Crippen MR) is 98.6 cm³/mol. The average Bonchev–Trinajstić information content (AvgIpc) is 3.22. The monoisotopic (exact) mass is 388 g/mol. The molecule has 0 bridgehead atoms. The van der Waals surface area contributed by atoms with Crippen LogP contribution in [0, 0.1) is 0 Å². The highest BCUT2D eigenvalue weighted by Crippen LogP contribution is 2.19. The second kappa shape index (κ2) is 6.78. The normalized spacial score (nSPS) is 16.6. The maximum absolute atomic E-state index is 12.9. The molecule has 1 aromatic carbocycles. The van der Waals surface area contributed by atoms with E-state index in [9.17, 15) is 13.2 Å². The number of imidazole rings is 1. The Balaban J connectivity index is 1.50. The number of benzene rings is 1. The number of hydrogen-bond donors (Lipinski definition) is 1. The zero-order chi connectivity index (χ0) is 19.0. The number of nitrogens with zero attached hydrogens (tertiary/aromatic N) is 5. The van der Waals surface area contributed by atoms with Gasteiger partial charge in [0.05, 0.1) is 23.6 Å². The van der Waals surface area contributed by atoms with Crippen LogP contribution in [-0.4, -0.2) is 69.5 Å². The minimum Gasteiger partial charge on any atom is -0.345 e. The molecule has 1 amide bonds. The summed E-state index contributed by atoms with van der Waals surface area (Å²) in [6, 6.07) is 5.33. The van der Waals surface area contributed by atoms with E-state index in [0.29, 0.717) is 31.6 Å². The van der Waals surface area contributed by atoms with Crippen LogP contribution >= 0.6 is 0 Å². The Morgan fingerprint density at radius 1 is 1.19 bits per heavy atom. The van der Waals surface area contributed by atoms with Crippen molar-refractivity contribution in [1.82, 2.24) is 29.0 Å². The van der Waals surface area contributed by atoms with Gasteiger partial charge < -0.3 is 9.88 Å². The Bertz CT molecular complexity index is 1090. The van der Waals surface area contributed by atoms with E-state index in [0.717, 1.165) is 11.0 Å². The van der Waals surface area contributed by atoms with Crippen LogP contribution in [0.5, 0.6) is 0 Å². The lowest BCUT2D eigenvalue weighted by Crippen LogP contribution is -2.37. The summed E-state index contributed by atoms with van der Waals surface area (Å²) in [5.41, 5.74) is 2.17. The summed E-state index contributed by atoms with van der Waals surface area (Å²) in [5, 5.41) is 3.94. The molecule has 0 atom stereocenters. The van der Waals surface area contributed by atoms with Crippen molar-refractivity contribution in [1.29, 1.82) is 0 Å². The minimum atomic E-state index is -3.60. The third-order valence-electron chi connectivity index (χ3n) is 4.73. The van der Waals surface area contributed by atoms with E-state index < -0.39 is 10.0 Å². The number of carbonyl (C=O) groups is 1. The second-order valence-electron chi connectivity index (χ2n) is 6.53. The highest BCUT2D eigenvalue weighted by Gasteiger charge is 2.29. The van der Waals surface area contributed by atoms with Crippen LogP contribution < -0.4 is 0 Å². The van der Waals surface area contributed by atoms with Crippen LogP contribution in [0.1, 0.15) is 16.8 Å². The number of H-pyrrole nitrogens is 1. The lowest BCUT2D eigenvalue weighted by molar-refractivity contribution is 0.0764. The van der Waals surface area contributed by atoms with E-state index in [2.05, 4.69) is 15.1 Å². The van der Waals surface area contributed by atoms with E-state index in [1.165, 1.54) is 21.4 Å². The van der Waals surface area contributed by atoms with Crippen LogP contribution in [0.3, 0.4) is 0 Å². The van der Waals surface area contributed by atoms with Gasteiger partial charge in [-0.2, -0.15) is 9.40 Å². The number of fused-ring (bicyclic) bond motifs is 1. The summed E-state index contributed by atoms with van der Waals surface area (Å²) in [5.74, 6) is -0.105. The SMILES string of the molecule is Cn1cc(S(=O)(=O)N2CCCN(C(=O)c3ccc4nc[nH]c4c3)CC2)cn1. The molecule has 1 aliphatic heterocycles. The summed E-state index contributed by atoms with van der Waals surface area (Å²) >= 11 is 0. The zero-order valence-electron chi connectivity index (χ0n) is 14.9. The number of aromatic amines is 1. The van der Waals surface area contributed by atoms with Crippen molar-refractivity contribution in [3.05, 3.63) is 42.5 Å². The van der Waals surface area contributed by atoms with Gasteiger partial charge in [-0.25, -0.2) is 13.4 Å². The third-order valence-corrected chi connectivity index (χ3v) is 6.58. The van der Waals surface area contributed by atoms with Crippen molar-refractivity contribution in [3.8, 4) is 0 Å². The van der Waals surface area contributed by atoms with Crippen LogP contribution in [-0.2, 0) is 17.1 Å². The van der Waals surface area contributed by atoms with E-state index in [4.69, 9.17) is 0 Å². The Morgan fingerprint density at radius 2 is 2.04 bits per heavy atom. The molecule has 1 saturated heterocycles. The van der Waals surface area contributed by atoms with Gasteiger partial charge in [0.2, 0.25) is 10.0 Å². The fraction of sp³-hybridized carbons (Fsp3) is 0.353. The molecule has 142 valence electrons. The molecule has 1 N–H and O–H groups in total. The summed E-state index contributed by atoms with van der Waals surface area (Å²) in [7, 11) is -1.92. The summed E-state index contributed by atoms with van der Waals surface area (Å²) in [6.07, 6.45) is 5.01. The van der Waals surface area contributed by atoms with Crippen LogP contribution in [0.15, 0.2) is 41.8 Å². The van der Waals surface area contributed by atoms with Gasteiger partial charge >= 0.3 is 0 Å². The molecule has 0 aliphatic carbocycles. The molecule has 1 aliphatic rings. The largest absolute Gasteiger partial charge is 0.345 e. The van der Waals surface area contributed by atoms with Crippen molar-refractivity contribution >= 4 is 27.0 Å². The Hall–Kier alpha value is -2.72. The number of amides is 1. The number of aryl methyl sites for hydroxylation is 1. The second-order valence-corrected chi connectivity index (χ2v) is 8.47. The van der Waals surface area contributed by atoms with Crippen molar-refractivity contribution in [3.63, 3.8) is 0 Å². The molecule has 3 heterocycles. The fourth-order valence-corrected chi connectivity index (χ4v) is 4.73. The maximum atomic E-state index is 12.9. The quantitative estimate of drug-likeness (QED) is 0.716. The van der Waals surface area contributed by atoms with Gasteiger partial charge in [0, 0.05) is 45.0 Å². The first kappa shape index (κ1) is 17.7. The summed E-state index contributed by atoms with van der Waals surface area (Å²) in [6.45, 7) is 1.49. The van der Waals surface area contributed by atoms with Gasteiger partial charge in [0.25, 0.3) is 5.91 Å². The van der Waals surface area contributed by atoms with Crippen LogP contribution in [0.2, 0.25) is 0 Å². The first-order valence-electron chi connectivity index (χ1n) is 8.66. The Kier molecular flexibility index (Phi) is 4.44. The van der Waals surface area contributed by atoms with Gasteiger partial charge in [0.15, 0.2) is 0 Å². The van der Waals surface area contributed by atoms with E-state index >= 15 is 0 Å². The van der Waals surface area contributed by atoms with Crippen molar-refractivity contribution < 1.29 is 13.2 Å². The van der Waals surface area contributed by atoms with Gasteiger partial charge in [-0.05, 0) is 24.6 Å². The third kappa shape index (κ3) is 3.33. The van der Waals surface area contributed by atoms with Gasteiger partial charge in [-0.15, -0.1) is 0 Å². The molecule has 4 rings (SSSR count). The molecule has 3 aromatic rings. The smallest absolute Gasteiger partial charge is 0.253 e. The fourth-order valence-electron chi connectivity index (χ4n) is 3.27. The maximum Gasteiger partial charge on any atom is 0.253 e. The first-order chi connectivity index (χ1) is 12.9. The lowest BCUT2D eigenvalue weighted by atomic mass is 10.1. The Labute approximate surface area is 156 Å².